The molecule has 7 heteroatoms. The first-order valence-corrected chi connectivity index (χ1v) is 5.48. The van der Waals surface area contributed by atoms with Crippen molar-refractivity contribution in [3.05, 3.63) is 53.6 Å². The van der Waals surface area contributed by atoms with Crippen molar-refractivity contribution in [2.75, 3.05) is 0 Å². The third-order valence-electron chi connectivity index (χ3n) is 2.59. The second-order valence-electron chi connectivity index (χ2n) is 4.08. The van der Waals surface area contributed by atoms with Crippen LogP contribution in [0, 0.1) is 5.82 Å². The number of rotatable bonds is 3. The topological polar surface area (TPSA) is 43.8 Å². The molecule has 2 N–H and O–H groups in total. The quantitative estimate of drug-likeness (QED) is 0.874. The van der Waals surface area contributed by atoms with Crippen LogP contribution in [0.25, 0.3) is 0 Å². The van der Waals surface area contributed by atoms with Crippen molar-refractivity contribution >= 4 is 0 Å². The van der Waals surface area contributed by atoms with Crippen LogP contribution in [0.3, 0.4) is 0 Å². The summed E-state index contributed by atoms with van der Waals surface area (Å²) in [5.74, 6) is -0.440. The standard InChI is InChI=1S/C12H11F4N3/c13-9-3-1-2-8(6-9)10(17)7-19-5-4-11(18-19)12(14,15)16/h1-6,10H,7,17H2. The van der Waals surface area contributed by atoms with Crippen molar-refractivity contribution in [3.8, 4) is 0 Å². The Morgan fingerprint density at radius 1 is 1.26 bits per heavy atom. The lowest BCUT2D eigenvalue weighted by molar-refractivity contribution is -0.141. The van der Waals surface area contributed by atoms with E-state index in [1.54, 1.807) is 6.07 Å². The van der Waals surface area contributed by atoms with E-state index in [0.29, 0.717) is 5.56 Å². The van der Waals surface area contributed by atoms with Gasteiger partial charge in [0.2, 0.25) is 0 Å². The number of aromatic nitrogens is 2. The van der Waals surface area contributed by atoms with Gasteiger partial charge in [0.1, 0.15) is 5.82 Å². The monoisotopic (exact) mass is 273 g/mol. The van der Waals surface area contributed by atoms with Gasteiger partial charge >= 0.3 is 6.18 Å². The average Bonchev–Trinajstić information content (AvgIpc) is 2.77. The summed E-state index contributed by atoms with van der Waals surface area (Å²) in [7, 11) is 0. The van der Waals surface area contributed by atoms with Gasteiger partial charge in [0.15, 0.2) is 5.69 Å². The Hall–Kier alpha value is -1.89. The van der Waals surface area contributed by atoms with Gasteiger partial charge in [-0.3, -0.25) is 4.68 Å². The molecule has 2 aromatic rings. The van der Waals surface area contributed by atoms with E-state index in [-0.39, 0.29) is 6.54 Å². The molecule has 0 bridgehead atoms. The third kappa shape index (κ3) is 3.31. The van der Waals surface area contributed by atoms with Gasteiger partial charge in [-0.1, -0.05) is 12.1 Å². The molecule has 0 aliphatic heterocycles. The highest BCUT2D eigenvalue weighted by Crippen LogP contribution is 2.27. The summed E-state index contributed by atoms with van der Waals surface area (Å²) in [6.45, 7) is 0.0412. The number of hydrogen-bond acceptors (Lipinski definition) is 2. The summed E-state index contributed by atoms with van der Waals surface area (Å²) in [5, 5.41) is 3.39. The predicted molar refractivity (Wildman–Crippen MR) is 60.6 cm³/mol. The van der Waals surface area contributed by atoms with Crippen molar-refractivity contribution in [2.24, 2.45) is 5.73 Å². The molecule has 1 unspecified atom stereocenters. The molecule has 3 nitrogen and oxygen atoms in total. The Morgan fingerprint density at radius 3 is 2.58 bits per heavy atom. The number of halogens is 4. The molecule has 0 aliphatic rings. The fourth-order valence-electron chi connectivity index (χ4n) is 1.66. The summed E-state index contributed by atoms with van der Waals surface area (Å²) in [4.78, 5) is 0. The highest BCUT2D eigenvalue weighted by atomic mass is 19.4. The molecule has 1 aromatic carbocycles. The summed E-state index contributed by atoms with van der Waals surface area (Å²) < 4.78 is 51.2. The normalized spacial score (nSPS) is 13.5. The Kier molecular flexibility index (Phi) is 3.57. The molecule has 0 fully saturated rings. The maximum absolute atomic E-state index is 13.0. The van der Waals surface area contributed by atoms with Crippen molar-refractivity contribution < 1.29 is 17.6 Å². The molecular formula is C12H11F4N3. The fourth-order valence-corrected chi connectivity index (χ4v) is 1.66. The third-order valence-corrected chi connectivity index (χ3v) is 2.59. The molecule has 0 aliphatic carbocycles. The van der Waals surface area contributed by atoms with Gasteiger partial charge in [0.25, 0.3) is 0 Å². The molecule has 0 amide bonds. The summed E-state index contributed by atoms with van der Waals surface area (Å²) >= 11 is 0. The predicted octanol–water partition coefficient (Wildman–Crippen LogP) is 2.74. The van der Waals surface area contributed by atoms with Crippen LogP contribution in [0.4, 0.5) is 17.6 Å². The fraction of sp³-hybridized carbons (Fsp3) is 0.250. The first kappa shape index (κ1) is 13.5. The van der Waals surface area contributed by atoms with Gasteiger partial charge in [-0.15, -0.1) is 0 Å². The minimum Gasteiger partial charge on any atom is -0.322 e. The van der Waals surface area contributed by atoms with Crippen LogP contribution in [0.5, 0.6) is 0 Å². The van der Waals surface area contributed by atoms with Crippen LogP contribution in [-0.4, -0.2) is 9.78 Å². The number of alkyl halides is 3. The summed E-state index contributed by atoms with van der Waals surface area (Å²) in [6, 6.07) is 5.87. The highest BCUT2D eigenvalue weighted by Gasteiger charge is 2.33. The lowest BCUT2D eigenvalue weighted by atomic mass is 10.1. The van der Waals surface area contributed by atoms with Crippen LogP contribution < -0.4 is 5.73 Å². The van der Waals surface area contributed by atoms with Crippen LogP contribution in [0.15, 0.2) is 36.5 Å². The minimum atomic E-state index is -4.48. The van der Waals surface area contributed by atoms with E-state index < -0.39 is 23.7 Å². The Bertz CT molecular complexity index is 562. The number of nitrogens with two attached hydrogens (primary N) is 1. The van der Waals surface area contributed by atoms with Crippen molar-refractivity contribution in [1.82, 2.24) is 9.78 Å². The molecule has 0 radical (unpaired) electrons. The Labute approximate surface area is 106 Å². The maximum Gasteiger partial charge on any atom is 0.435 e. The van der Waals surface area contributed by atoms with E-state index >= 15 is 0 Å². The summed E-state index contributed by atoms with van der Waals surface area (Å²) in [6.07, 6.45) is -3.28. The van der Waals surface area contributed by atoms with Crippen LogP contribution in [0.1, 0.15) is 17.3 Å². The molecule has 102 valence electrons. The van der Waals surface area contributed by atoms with Crippen molar-refractivity contribution in [2.45, 2.75) is 18.8 Å². The average molecular weight is 273 g/mol. The van der Waals surface area contributed by atoms with E-state index in [0.717, 1.165) is 10.7 Å². The van der Waals surface area contributed by atoms with E-state index in [2.05, 4.69) is 5.10 Å². The summed E-state index contributed by atoms with van der Waals surface area (Å²) in [5.41, 5.74) is 5.34. The zero-order valence-electron chi connectivity index (χ0n) is 9.73. The van der Waals surface area contributed by atoms with Gasteiger partial charge in [0, 0.05) is 12.2 Å². The number of benzene rings is 1. The van der Waals surface area contributed by atoms with Crippen LogP contribution in [0.2, 0.25) is 0 Å². The molecule has 2 rings (SSSR count). The SMILES string of the molecule is NC(Cn1ccc(C(F)(F)F)n1)c1cccc(F)c1. The maximum atomic E-state index is 13.0. The molecule has 0 saturated heterocycles. The molecule has 0 saturated carbocycles. The number of nitrogens with zero attached hydrogens (tertiary/aromatic N) is 2. The highest BCUT2D eigenvalue weighted by molar-refractivity contribution is 5.19. The zero-order chi connectivity index (χ0) is 14.0. The minimum absolute atomic E-state index is 0.0412. The van der Waals surface area contributed by atoms with Crippen molar-refractivity contribution in [3.63, 3.8) is 0 Å². The van der Waals surface area contributed by atoms with Crippen LogP contribution >= 0.6 is 0 Å². The zero-order valence-corrected chi connectivity index (χ0v) is 9.73. The van der Waals surface area contributed by atoms with Gasteiger partial charge in [-0.2, -0.15) is 18.3 Å². The Morgan fingerprint density at radius 2 is 2.00 bits per heavy atom. The lowest BCUT2D eigenvalue weighted by Gasteiger charge is -2.12. The largest absolute Gasteiger partial charge is 0.435 e. The van der Waals surface area contributed by atoms with E-state index in [1.807, 2.05) is 0 Å². The second kappa shape index (κ2) is 5.00. The van der Waals surface area contributed by atoms with Gasteiger partial charge in [-0.05, 0) is 23.8 Å². The van der Waals surface area contributed by atoms with Gasteiger partial charge < -0.3 is 5.73 Å². The smallest absolute Gasteiger partial charge is 0.322 e. The lowest BCUT2D eigenvalue weighted by Crippen LogP contribution is -2.18. The number of hydrogen-bond donors (Lipinski definition) is 1. The molecule has 19 heavy (non-hydrogen) atoms. The van der Waals surface area contributed by atoms with Crippen LogP contribution in [-0.2, 0) is 12.7 Å². The van der Waals surface area contributed by atoms with E-state index in [4.69, 9.17) is 5.73 Å². The van der Waals surface area contributed by atoms with E-state index in [1.165, 1.54) is 24.4 Å². The first-order valence-electron chi connectivity index (χ1n) is 5.48. The molecular weight excluding hydrogens is 262 g/mol. The molecule has 1 atom stereocenters. The first-order chi connectivity index (χ1) is 8.86. The second-order valence-corrected chi connectivity index (χ2v) is 4.08. The Balaban J connectivity index is 2.11. The van der Waals surface area contributed by atoms with E-state index in [9.17, 15) is 17.6 Å². The van der Waals surface area contributed by atoms with Crippen molar-refractivity contribution in [1.29, 1.82) is 0 Å². The molecule has 0 spiro atoms. The van der Waals surface area contributed by atoms with Gasteiger partial charge in [0.05, 0.1) is 6.54 Å². The molecule has 1 heterocycles. The molecule has 1 aromatic heterocycles. The van der Waals surface area contributed by atoms with Gasteiger partial charge in [-0.25, -0.2) is 4.39 Å².